The van der Waals surface area contributed by atoms with Gasteiger partial charge < -0.3 is 0 Å². The van der Waals surface area contributed by atoms with Gasteiger partial charge in [0.05, 0.1) is 0 Å². The Morgan fingerprint density at radius 2 is 1.13 bits per heavy atom. The average Bonchev–Trinajstić information content (AvgIpc) is 2.29. The van der Waals surface area contributed by atoms with E-state index in [4.69, 9.17) is 0 Å². The average molecular weight is 277 g/mol. The van der Waals surface area contributed by atoms with Crippen LogP contribution in [0.3, 0.4) is 0 Å². The molecule has 0 heterocycles. The fourth-order valence-corrected chi connectivity index (χ4v) is 9.62. The fourth-order valence-electron chi connectivity index (χ4n) is 1.85. The van der Waals surface area contributed by atoms with Crippen molar-refractivity contribution < 1.29 is 0 Å². The summed E-state index contributed by atoms with van der Waals surface area (Å²) in [5.41, 5.74) is 0. The molecule has 0 N–H and O–H groups in total. The van der Waals surface area contributed by atoms with E-state index in [1.807, 2.05) is 0 Å². The zero-order valence-electron chi connectivity index (χ0n) is 11.1. The van der Waals surface area contributed by atoms with Gasteiger partial charge in [-0.3, -0.25) is 0 Å². The molecule has 0 aromatic rings. The van der Waals surface area contributed by atoms with E-state index in [1.165, 1.54) is 54.5 Å². The second-order valence-corrected chi connectivity index (χ2v) is 12.4. The minimum absolute atomic E-state index is 1.26. The molecule has 0 saturated heterocycles. The molecule has 0 saturated carbocycles. The predicted octanol–water partition coefficient (Wildman–Crippen LogP) is 5.56. The monoisotopic (exact) mass is 278 g/mol. The maximum atomic E-state index is 4.16. The molecular weight excluding hydrogens is 247 g/mol. The van der Waals surface area contributed by atoms with Crippen LogP contribution in [0.1, 0.15) is 59.3 Å². The third-order valence-electron chi connectivity index (χ3n) is 3.07. The van der Waals surface area contributed by atoms with Crippen LogP contribution in [-0.4, -0.2) is 12.8 Å². The molecule has 0 fully saturated rings. The van der Waals surface area contributed by atoms with Crippen molar-refractivity contribution in [3.8, 4) is 0 Å². The van der Waals surface area contributed by atoms with E-state index in [0.29, 0.717) is 0 Å². The standard InChI is InChI=1S/C14H30Se/c1-5-9-12-15(8-4,13-10-6-2)14-11-7-3/h8H,4-7,9-14H2,1-3H3. The van der Waals surface area contributed by atoms with Gasteiger partial charge >= 0.3 is 99.7 Å². The summed E-state index contributed by atoms with van der Waals surface area (Å²) in [7, 11) is 0. The Bertz CT molecular complexity index is 130. The molecule has 15 heavy (non-hydrogen) atoms. The van der Waals surface area contributed by atoms with E-state index in [-0.39, 0.29) is 0 Å². The van der Waals surface area contributed by atoms with Crippen LogP contribution in [0, 0.1) is 0 Å². The van der Waals surface area contributed by atoms with E-state index in [1.54, 1.807) is 0 Å². The summed E-state index contributed by atoms with van der Waals surface area (Å²) in [5.74, 6) is 0. The molecule has 0 spiro atoms. The van der Waals surface area contributed by atoms with Gasteiger partial charge in [0.2, 0.25) is 0 Å². The Hall–Kier alpha value is 0.259. The zero-order valence-corrected chi connectivity index (χ0v) is 12.8. The van der Waals surface area contributed by atoms with Gasteiger partial charge in [-0.2, -0.15) is 0 Å². The van der Waals surface area contributed by atoms with Gasteiger partial charge in [-0.05, 0) is 0 Å². The molecule has 0 rings (SSSR count). The van der Waals surface area contributed by atoms with Crippen LogP contribution in [0.25, 0.3) is 0 Å². The Kier molecular flexibility index (Phi) is 9.65. The SMILES string of the molecule is C=C[Se](CCCC)(CCCC)CCCC. The number of hydrogen-bond donors (Lipinski definition) is 0. The van der Waals surface area contributed by atoms with Gasteiger partial charge in [-0.25, -0.2) is 0 Å². The summed E-state index contributed by atoms with van der Waals surface area (Å²) < 4.78 is 0. The van der Waals surface area contributed by atoms with Crippen molar-refractivity contribution in [2.75, 3.05) is 0 Å². The van der Waals surface area contributed by atoms with Crippen molar-refractivity contribution in [2.45, 2.75) is 75.3 Å². The summed E-state index contributed by atoms with van der Waals surface area (Å²) in [4.78, 5) is 2.41. The van der Waals surface area contributed by atoms with Crippen molar-refractivity contribution >= 4 is 12.8 Å². The topological polar surface area (TPSA) is 0 Å². The molecule has 0 aromatic heterocycles. The van der Waals surface area contributed by atoms with Crippen LogP contribution in [0.5, 0.6) is 0 Å². The Balaban J connectivity index is 4.23. The third kappa shape index (κ3) is 6.43. The number of unbranched alkanes of at least 4 members (excludes halogenated alkanes) is 3. The molecule has 0 atom stereocenters. The van der Waals surface area contributed by atoms with Gasteiger partial charge in [-0.15, -0.1) is 0 Å². The molecule has 1 heteroatoms. The third-order valence-corrected chi connectivity index (χ3v) is 11.5. The van der Waals surface area contributed by atoms with E-state index < -0.39 is 12.8 Å². The summed E-state index contributed by atoms with van der Waals surface area (Å²) in [6.45, 7) is 11.1. The Labute approximate surface area is 99.8 Å². The second kappa shape index (κ2) is 9.48. The summed E-state index contributed by atoms with van der Waals surface area (Å²) in [6.07, 6.45) is 8.35. The van der Waals surface area contributed by atoms with Gasteiger partial charge in [0.25, 0.3) is 0 Å². The Morgan fingerprint density at radius 3 is 1.33 bits per heavy atom. The first-order chi connectivity index (χ1) is 7.24. The van der Waals surface area contributed by atoms with Crippen LogP contribution in [-0.2, 0) is 0 Å². The van der Waals surface area contributed by atoms with Crippen LogP contribution < -0.4 is 0 Å². The molecule has 0 amide bonds. The van der Waals surface area contributed by atoms with Crippen LogP contribution >= 0.6 is 0 Å². The summed E-state index contributed by atoms with van der Waals surface area (Å²) >= 11 is -1.26. The predicted molar refractivity (Wildman–Crippen MR) is 75.1 cm³/mol. The van der Waals surface area contributed by atoms with Gasteiger partial charge in [-0.1, -0.05) is 0 Å². The molecule has 0 radical (unpaired) electrons. The minimum atomic E-state index is -1.26. The van der Waals surface area contributed by atoms with E-state index in [2.05, 4.69) is 32.3 Å². The molecule has 0 aliphatic heterocycles. The van der Waals surface area contributed by atoms with Gasteiger partial charge in [0, 0.05) is 0 Å². The molecule has 0 aromatic carbocycles. The first kappa shape index (κ1) is 15.3. The van der Waals surface area contributed by atoms with Gasteiger partial charge in [0.1, 0.15) is 0 Å². The maximum absolute atomic E-state index is 4.16. The van der Waals surface area contributed by atoms with E-state index in [0.717, 1.165) is 0 Å². The van der Waals surface area contributed by atoms with Crippen molar-refractivity contribution in [2.24, 2.45) is 0 Å². The Morgan fingerprint density at radius 1 is 0.800 bits per heavy atom. The second-order valence-electron chi connectivity index (χ2n) is 4.45. The van der Waals surface area contributed by atoms with Crippen molar-refractivity contribution in [1.29, 1.82) is 0 Å². The molecule has 0 nitrogen and oxygen atoms in total. The van der Waals surface area contributed by atoms with E-state index >= 15 is 0 Å². The normalized spacial score (nSPS) is 12.7. The molecule has 0 aliphatic carbocycles. The molecule has 0 bridgehead atoms. The van der Waals surface area contributed by atoms with Crippen molar-refractivity contribution in [3.63, 3.8) is 0 Å². The van der Waals surface area contributed by atoms with E-state index in [9.17, 15) is 0 Å². The molecular formula is C14H30Se. The molecule has 0 aliphatic rings. The van der Waals surface area contributed by atoms with Crippen LogP contribution in [0.15, 0.2) is 11.6 Å². The summed E-state index contributed by atoms with van der Waals surface area (Å²) in [6, 6.07) is 0. The van der Waals surface area contributed by atoms with Crippen LogP contribution in [0.2, 0.25) is 16.0 Å². The molecule has 92 valence electrons. The zero-order chi connectivity index (χ0) is 11.6. The number of rotatable bonds is 10. The first-order valence-electron chi connectivity index (χ1n) is 6.63. The first-order valence-corrected chi connectivity index (χ1v) is 11.3. The summed E-state index contributed by atoms with van der Waals surface area (Å²) in [5, 5.41) is 4.53. The quantitative estimate of drug-likeness (QED) is 0.458. The number of hydrogen-bond acceptors (Lipinski definition) is 0. The van der Waals surface area contributed by atoms with Crippen molar-refractivity contribution in [1.82, 2.24) is 0 Å². The fraction of sp³-hybridized carbons (Fsp3) is 0.857. The molecule has 0 unspecified atom stereocenters. The van der Waals surface area contributed by atoms with Crippen molar-refractivity contribution in [3.05, 3.63) is 11.6 Å². The van der Waals surface area contributed by atoms with Gasteiger partial charge in [0.15, 0.2) is 0 Å². The van der Waals surface area contributed by atoms with Crippen LogP contribution in [0.4, 0.5) is 0 Å².